The van der Waals surface area contributed by atoms with Crippen molar-refractivity contribution in [3.8, 4) is 0 Å². The molecule has 0 bridgehead atoms. The van der Waals surface area contributed by atoms with Gasteiger partial charge in [-0.2, -0.15) is 0 Å². The molecule has 1 fully saturated rings. The molecule has 100 valence electrons. The highest BCUT2D eigenvalue weighted by atomic mass is 32.1. The number of rotatable bonds is 4. The minimum absolute atomic E-state index is 0.206. The number of carbonyl (C=O) groups is 1. The Morgan fingerprint density at radius 3 is 2.72 bits per heavy atom. The number of carbonyl (C=O) groups excluding carboxylic acids is 1. The van der Waals surface area contributed by atoms with Crippen LogP contribution in [0.25, 0.3) is 0 Å². The van der Waals surface area contributed by atoms with Crippen LogP contribution in [0.2, 0.25) is 0 Å². The molecular formula is C13H20N2O2S. The van der Waals surface area contributed by atoms with Crippen molar-refractivity contribution in [1.82, 2.24) is 10.9 Å². The fraction of sp³-hybridized carbons (Fsp3) is 0.615. The standard InChI is InChI=1S/C13H20N2O2S/c1-13(2,3)17-12(16)15-14-11(9-6-7-9)10-5-4-8-18-10/h4-5,8-9,11,14H,6-7H2,1-3H3,(H,15,16). The van der Waals surface area contributed by atoms with Gasteiger partial charge in [0.2, 0.25) is 0 Å². The van der Waals surface area contributed by atoms with Gasteiger partial charge in [-0.3, -0.25) is 5.43 Å². The summed E-state index contributed by atoms with van der Waals surface area (Å²) in [6.45, 7) is 5.55. The van der Waals surface area contributed by atoms with E-state index in [1.165, 1.54) is 17.7 Å². The maximum Gasteiger partial charge on any atom is 0.422 e. The SMILES string of the molecule is CC(C)(C)OC(=O)NNC(c1cccs1)C1CC1. The van der Waals surface area contributed by atoms with Crippen molar-refractivity contribution in [2.24, 2.45) is 5.92 Å². The molecule has 1 aromatic rings. The number of amides is 1. The second-order valence-electron chi connectivity index (χ2n) is 5.60. The fourth-order valence-electron chi connectivity index (χ4n) is 1.76. The predicted octanol–water partition coefficient (Wildman–Crippen LogP) is 3.23. The van der Waals surface area contributed by atoms with Gasteiger partial charge in [-0.1, -0.05) is 6.07 Å². The molecule has 2 rings (SSSR count). The summed E-state index contributed by atoms with van der Waals surface area (Å²) >= 11 is 1.71. The van der Waals surface area contributed by atoms with Crippen LogP contribution in [-0.4, -0.2) is 11.7 Å². The molecule has 1 aromatic heterocycles. The fourth-order valence-corrected chi connectivity index (χ4v) is 2.63. The highest BCUT2D eigenvalue weighted by Gasteiger charge is 2.33. The van der Waals surface area contributed by atoms with E-state index in [9.17, 15) is 4.79 Å². The molecule has 2 N–H and O–H groups in total. The molecule has 1 unspecified atom stereocenters. The molecule has 0 spiro atoms. The highest BCUT2D eigenvalue weighted by molar-refractivity contribution is 7.10. The normalized spacial score (nSPS) is 17.3. The maximum absolute atomic E-state index is 11.6. The first-order chi connectivity index (χ1) is 8.46. The van der Waals surface area contributed by atoms with Gasteiger partial charge in [0.25, 0.3) is 0 Å². The first-order valence-electron chi connectivity index (χ1n) is 6.23. The summed E-state index contributed by atoms with van der Waals surface area (Å²) in [6, 6.07) is 4.33. The van der Waals surface area contributed by atoms with E-state index in [0.717, 1.165) is 0 Å². The highest BCUT2D eigenvalue weighted by Crippen LogP contribution is 2.41. The lowest BCUT2D eigenvalue weighted by Crippen LogP contribution is -2.43. The molecular weight excluding hydrogens is 248 g/mol. The van der Waals surface area contributed by atoms with Crippen molar-refractivity contribution in [3.63, 3.8) is 0 Å². The van der Waals surface area contributed by atoms with Crippen molar-refractivity contribution >= 4 is 17.4 Å². The lowest BCUT2D eigenvalue weighted by Gasteiger charge is -2.22. The predicted molar refractivity (Wildman–Crippen MR) is 72.3 cm³/mol. The minimum atomic E-state index is -0.468. The summed E-state index contributed by atoms with van der Waals surface area (Å²) < 4.78 is 5.20. The second-order valence-corrected chi connectivity index (χ2v) is 6.58. The molecule has 1 aliphatic rings. The molecule has 0 aliphatic heterocycles. The zero-order valence-electron chi connectivity index (χ0n) is 11.0. The van der Waals surface area contributed by atoms with Crippen LogP contribution < -0.4 is 10.9 Å². The second kappa shape index (κ2) is 5.28. The summed E-state index contributed by atoms with van der Waals surface area (Å²) in [5.74, 6) is 0.624. The summed E-state index contributed by atoms with van der Waals surface area (Å²) in [5.41, 5.74) is 5.27. The molecule has 1 atom stereocenters. The first kappa shape index (κ1) is 13.4. The number of nitrogens with one attached hydrogen (secondary N) is 2. The van der Waals surface area contributed by atoms with Crippen molar-refractivity contribution < 1.29 is 9.53 Å². The van der Waals surface area contributed by atoms with Gasteiger partial charge in [0, 0.05) is 4.88 Å². The number of hydrazine groups is 1. The van der Waals surface area contributed by atoms with Crippen molar-refractivity contribution in [1.29, 1.82) is 0 Å². The minimum Gasteiger partial charge on any atom is -0.443 e. The first-order valence-corrected chi connectivity index (χ1v) is 7.11. The van der Waals surface area contributed by atoms with Crippen LogP contribution in [0.5, 0.6) is 0 Å². The van der Waals surface area contributed by atoms with Crippen LogP contribution in [0.1, 0.15) is 44.5 Å². The monoisotopic (exact) mass is 268 g/mol. The summed E-state index contributed by atoms with van der Waals surface area (Å²) in [7, 11) is 0. The van der Waals surface area contributed by atoms with E-state index in [-0.39, 0.29) is 6.04 Å². The van der Waals surface area contributed by atoms with E-state index in [1.807, 2.05) is 26.8 Å². The smallest absolute Gasteiger partial charge is 0.422 e. The van der Waals surface area contributed by atoms with E-state index in [4.69, 9.17) is 4.74 Å². The largest absolute Gasteiger partial charge is 0.443 e. The van der Waals surface area contributed by atoms with Crippen LogP contribution in [0.3, 0.4) is 0 Å². The number of thiophene rings is 1. The van der Waals surface area contributed by atoms with Crippen molar-refractivity contribution in [2.45, 2.75) is 45.3 Å². The summed E-state index contributed by atoms with van der Waals surface area (Å²) in [6.07, 6.45) is 2.00. The Bertz CT molecular complexity index is 394. The van der Waals surface area contributed by atoms with Gasteiger partial charge < -0.3 is 4.74 Å². The van der Waals surface area contributed by atoms with Crippen molar-refractivity contribution in [2.75, 3.05) is 0 Å². The van der Waals surface area contributed by atoms with Gasteiger partial charge >= 0.3 is 6.09 Å². The van der Waals surface area contributed by atoms with Gasteiger partial charge in [0.1, 0.15) is 5.60 Å². The zero-order valence-corrected chi connectivity index (χ0v) is 11.8. The van der Waals surface area contributed by atoms with Gasteiger partial charge in [-0.05, 0) is 51.0 Å². The average molecular weight is 268 g/mol. The Labute approximate surface area is 112 Å². The van der Waals surface area contributed by atoms with Crippen LogP contribution in [0, 0.1) is 5.92 Å². The quantitative estimate of drug-likeness (QED) is 0.824. The molecule has 18 heavy (non-hydrogen) atoms. The molecule has 1 heterocycles. The molecule has 1 aliphatic carbocycles. The third kappa shape index (κ3) is 3.99. The van der Waals surface area contributed by atoms with Crippen LogP contribution in [0.15, 0.2) is 17.5 Å². The van der Waals surface area contributed by atoms with Crippen molar-refractivity contribution in [3.05, 3.63) is 22.4 Å². The third-order valence-corrected chi connectivity index (χ3v) is 3.63. The van der Waals surface area contributed by atoms with E-state index < -0.39 is 11.7 Å². The summed E-state index contributed by atoms with van der Waals surface area (Å²) in [4.78, 5) is 12.8. The lowest BCUT2D eigenvalue weighted by atomic mass is 10.1. The van der Waals surface area contributed by atoms with E-state index in [2.05, 4.69) is 22.3 Å². The average Bonchev–Trinajstić information content (AvgIpc) is 2.91. The van der Waals surface area contributed by atoms with E-state index >= 15 is 0 Å². The molecule has 1 saturated carbocycles. The maximum atomic E-state index is 11.6. The van der Waals surface area contributed by atoms with Crippen LogP contribution >= 0.6 is 11.3 Å². The molecule has 0 saturated heterocycles. The third-order valence-electron chi connectivity index (χ3n) is 2.67. The van der Waals surface area contributed by atoms with Crippen LogP contribution in [-0.2, 0) is 4.74 Å². The molecule has 5 heteroatoms. The Morgan fingerprint density at radius 2 is 2.22 bits per heavy atom. The molecule has 0 radical (unpaired) electrons. The lowest BCUT2D eigenvalue weighted by molar-refractivity contribution is 0.0485. The van der Waals surface area contributed by atoms with E-state index in [1.54, 1.807) is 11.3 Å². The molecule has 4 nitrogen and oxygen atoms in total. The van der Waals surface area contributed by atoms with Gasteiger partial charge in [-0.15, -0.1) is 11.3 Å². The Morgan fingerprint density at radius 1 is 1.50 bits per heavy atom. The van der Waals surface area contributed by atoms with E-state index in [0.29, 0.717) is 5.92 Å². The Hall–Kier alpha value is -1.07. The van der Waals surface area contributed by atoms with Gasteiger partial charge in [0.05, 0.1) is 6.04 Å². The van der Waals surface area contributed by atoms with Gasteiger partial charge in [0.15, 0.2) is 0 Å². The summed E-state index contributed by atoms with van der Waals surface area (Å²) in [5, 5.41) is 2.06. The van der Waals surface area contributed by atoms with Crippen LogP contribution in [0.4, 0.5) is 4.79 Å². The Balaban J connectivity index is 1.85. The zero-order chi connectivity index (χ0) is 13.2. The number of ether oxygens (including phenoxy) is 1. The Kier molecular flexibility index (Phi) is 3.92. The topological polar surface area (TPSA) is 50.4 Å². The number of hydrogen-bond donors (Lipinski definition) is 2. The van der Waals surface area contributed by atoms with Gasteiger partial charge in [-0.25, -0.2) is 10.2 Å². The number of hydrogen-bond acceptors (Lipinski definition) is 4. The molecule has 1 amide bonds. The molecule has 0 aromatic carbocycles.